The van der Waals surface area contributed by atoms with Crippen molar-refractivity contribution in [1.29, 1.82) is 0 Å². The summed E-state index contributed by atoms with van der Waals surface area (Å²) in [4.78, 5) is 39.5. The van der Waals surface area contributed by atoms with E-state index in [1.807, 2.05) is 30.3 Å². The quantitative estimate of drug-likeness (QED) is 0.779. The Hall–Kier alpha value is -3.26. The Morgan fingerprint density at radius 2 is 1.66 bits per heavy atom. The van der Waals surface area contributed by atoms with Crippen LogP contribution in [0.4, 0.5) is 10.5 Å². The predicted molar refractivity (Wildman–Crippen MR) is 109 cm³/mol. The lowest BCUT2D eigenvalue weighted by atomic mass is 10.2. The van der Waals surface area contributed by atoms with Gasteiger partial charge in [0.25, 0.3) is 11.8 Å². The van der Waals surface area contributed by atoms with Crippen LogP contribution in [0.15, 0.2) is 48.5 Å². The lowest BCUT2D eigenvalue weighted by Gasteiger charge is -2.34. The Kier molecular flexibility index (Phi) is 6.56. The molecule has 2 aromatic carbocycles. The molecule has 0 aromatic heterocycles. The van der Waals surface area contributed by atoms with Crippen LogP contribution in [0, 0.1) is 0 Å². The van der Waals surface area contributed by atoms with Crippen LogP contribution in [0.5, 0.6) is 5.75 Å². The first kappa shape index (κ1) is 20.5. The zero-order valence-electron chi connectivity index (χ0n) is 15.6. The molecule has 0 saturated carbocycles. The summed E-state index contributed by atoms with van der Waals surface area (Å²) >= 11 is 5.86. The maximum absolute atomic E-state index is 12.4. The van der Waals surface area contributed by atoms with Crippen molar-refractivity contribution in [3.63, 3.8) is 0 Å². The molecule has 9 heteroatoms. The van der Waals surface area contributed by atoms with Crippen LogP contribution < -0.4 is 15.8 Å². The SMILES string of the molecule is NC(=O)c1cc(Cl)ccc1OCC(=O)N1CCN(C(=O)Nc2ccccc2)CC1. The highest BCUT2D eigenvalue weighted by Crippen LogP contribution is 2.22. The number of hydrogen-bond acceptors (Lipinski definition) is 4. The fraction of sp³-hybridized carbons (Fsp3) is 0.250. The molecular weight excluding hydrogens is 396 g/mol. The minimum absolute atomic E-state index is 0.118. The van der Waals surface area contributed by atoms with Crippen molar-refractivity contribution in [2.24, 2.45) is 5.73 Å². The van der Waals surface area contributed by atoms with Gasteiger partial charge in [0.2, 0.25) is 0 Å². The number of nitrogens with zero attached hydrogens (tertiary/aromatic N) is 2. The van der Waals surface area contributed by atoms with Crippen molar-refractivity contribution in [2.75, 3.05) is 38.1 Å². The number of carbonyl (C=O) groups excluding carboxylic acids is 3. The molecule has 0 unspecified atom stereocenters. The number of halogens is 1. The first-order chi connectivity index (χ1) is 13.9. The number of ether oxygens (including phenoxy) is 1. The Morgan fingerprint density at radius 1 is 1.00 bits per heavy atom. The maximum atomic E-state index is 12.4. The van der Waals surface area contributed by atoms with Crippen LogP contribution in [-0.4, -0.2) is 60.4 Å². The highest BCUT2D eigenvalue weighted by molar-refractivity contribution is 6.31. The molecule has 1 fully saturated rings. The molecule has 3 rings (SSSR count). The average molecular weight is 417 g/mol. The van der Waals surface area contributed by atoms with E-state index in [4.69, 9.17) is 22.1 Å². The number of benzene rings is 2. The third kappa shape index (κ3) is 5.39. The molecule has 1 heterocycles. The number of hydrogen-bond donors (Lipinski definition) is 2. The number of amides is 4. The van der Waals surface area contributed by atoms with Crippen molar-refractivity contribution in [2.45, 2.75) is 0 Å². The molecular formula is C20H21ClN4O4. The van der Waals surface area contributed by atoms with Gasteiger partial charge in [-0.15, -0.1) is 0 Å². The summed E-state index contributed by atoms with van der Waals surface area (Å²) in [5, 5.41) is 3.18. The zero-order valence-corrected chi connectivity index (χ0v) is 16.4. The van der Waals surface area contributed by atoms with Crippen molar-refractivity contribution in [3.05, 3.63) is 59.1 Å². The fourth-order valence-electron chi connectivity index (χ4n) is 2.93. The van der Waals surface area contributed by atoms with Crippen molar-refractivity contribution in [1.82, 2.24) is 9.80 Å². The second-order valence-electron chi connectivity index (χ2n) is 6.46. The summed E-state index contributed by atoms with van der Waals surface area (Å²) in [6.07, 6.45) is 0. The van der Waals surface area contributed by atoms with Gasteiger partial charge in [0.15, 0.2) is 6.61 Å². The highest BCUT2D eigenvalue weighted by Gasteiger charge is 2.24. The molecule has 1 aliphatic heterocycles. The number of nitrogens with one attached hydrogen (secondary N) is 1. The van der Waals surface area contributed by atoms with Crippen LogP contribution in [0.25, 0.3) is 0 Å². The molecule has 0 spiro atoms. The van der Waals surface area contributed by atoms with E-state index in [-0.39, 0.29) is 29.9 Å². The van der Waals surface area contributed by atoms with Gasteiger partial charge in [-0.05, 0) is 30.3 Å². The van der Waals surface area contributed by atoms with E-state index in [0.717, 1.165) is 5.69 Å². The average Bonchev–Trinajstić information content (AvgIpc) is 2.73. The van der Waals surface area contributed by atoms with E-state index < -0.39 is 5.91 Å². The van der Waals surface area contributed by atoms with Crippen LogP contribution in [0.3, 0.4) is 0 Å². The molecule has 0 atom stereocenters. The van der Waals surface area contributed by atoms with E-state index in [1.54, 1.807) is 15.9 Å². The van der Waals surface area contributed by atoms with Gasteiger partial charge in [0.05, 0.1) is 5.56 Å². The van der Waals surface area contributed by atoms with Crippen molar-refractivity contribution < 1.29 is 19.1 Å². The molecule has 4 amide bonds. The summed E-state index contributed by atoms with van der Waals surface area (Å²) < 4.78 is 5.48. The summed E-state index contributed by atoms with van der Waals surface area (Å²) in [5.74, 6) is -0.720. The molecule has 29 heavy (non-hydrogen) atoms. The molecule has 8 nitrogen and oxygen atoms in total. The maximum Gasteiger partial charge on any atom is 0.321 e. The zero-order chi connectivity index (χ0) is 20.8. The number of nitrogens with two attached hydrogens (primary N) is 1. The minimum Gasteiger partial charge on any atom is -0.483 e. The van der Waals surface area contributed by atoms with Crippen LogP contribution >= 0.6 is 11.6 Å². The van der Waals surface area contributed by atoms with E-state index in [9.17, 15) is 14.4 Å². The van der Waals surface area contributed by atoms with E-state index in [1.165, 1.54) is 12.1 Å². The third-order valence-electron chi connectivity index (χ3n) is 4.50. The van der Waals surface area contributed by atoms with Gasteiger partial charge in [-0.25, -0.2) is 4.79 Å². The van der Waals surface area contributed by atoms with Gasteiger partial charge in [0, 0.05) is 36.9 Å². The van der Waals surface area contributed by atoms with Crippen LogP contribution in [0.2, 0.25) is 5.02 Å². The van der Waals surface area contributed by atoms with Crippen LogP contribution in [0.1, 0.15) is 10.4 Å². The molecule has 1 saturated heterocycles. The molecule has 1 aliphatic rings. The Labute approximate surface area is 173 Å². The normalized spacial score (nSPS) is 13.7. The number of para-hydroxylation sites is 1. The lowest BCUT2D eigenvalue weighted by molar-refractivity contribution is -0.134. The monoisotopic (exact) mass is 416 g/mol. The number of rotatable bonds is 5. The summed E-state index contributed by atoms with van der Waals surface area (Å²) in [5.41, 5.74) is 6.15. The van der Waals surface area contributed by atoms with Gasteiger partial charge in [-0.2, -0.15) is 0 Å². The molecule has 2 aromatic rings. The van der Waals surface area contributed by atoms with Gasteiger partial charge in [-0.3, -0.25) is 9.59 Å². The van der Waals surface area contributed by atoms with Crippen molar-refractivity contribution >= 4 is 35.1 Å². The molecule has 0 radical (unpaired) electrons. The van der Waals surface area contributed by atoms with E-state index >= 15 is 0 Å². The van der Waals surface area contributed by atoms with Gasteiger partial charge < -0.3 is 25.6 Å². The second kappa shape index (κ2) is 9.29. The second-order valence-corrected chi connectivity index (χ2v) is 6.89. The van der Waals surface area contributed by atoms with E-state index in [2.05, 4.69) is 5.32 Å². The van der Waals surface area contributed by atoms with Gasteiger partial charge in [-0.1, -0.05) is 29.8 Å². The Bertz CT molecular complexity index is 899. The largest absolute Gasteiger partial charge is 0.483 e. The molecule has 152 valence electrons. The first-order valence-electron chi connectivity index (χ1n) is 9.05. The van der Waals surface area contributed by atoms with Gasteiger partial charge in [0.1, 0.15) is 5.75 Å². The van der Waals surface area contributed by atoms with Crippen molar-refractivity contribution in [3.8, 4) is 5.75 Å². The van der Waals surface area contributed by atoms with Gasteiger partial charge >= 0.3 is 6.03 Å². The summed E-state index contributed by atoms with van der Waals surface area (Å²) in [7, 11) is 0. The number of carbonyl (C=O) groups is 3. The first-order valence-corrected chi connectivity index (χ1v) is 9.43. The number of urea groups is 1. The molecule has 0 bridgehead atoms. The predicted octanol–water partition coefficient (Wildman–Crippen LogP) is 2.19. The van der Waals surface area contributed by atoms with Crippen LogP contribution in [-0.2, 0) is 4.79 Å². The standard InChI is InChI=1S/C20H21ClN4O4/c21-14-6-7-17(16(12-14)19(22)27)29-13-18(26)24-8-10-25(11-9-24)20(28)23-15-4-2-1-3-5-15/h1-7,12H,8-11,13H2,(H2,22,27)(H,23,28). The summed E-state index contributed by atoms with van der Waals surface area (Å²) in [6.45, 7) is 1.38. The highest BCUT2D eigenvalue weighted by atomic mass is 35.5. The summed E-state index contributed by atoms with van der Waals surface area (Å²) in [6, 6.07) is 13.4. The lowest BCUT2D eigenvalue weighted by Crippen LogP contribution is -2.52. The topological polar surface area (TPSA) is 105 Å². The third-order valence-corrected chi connectivity index (χ3v) is 4.74. The number of piperazine rings is 1. The number of primary amides is 1. The number of anilines is 1. The minimum atomic E-state index is -0.687. The molecule has 3 N–H and O–H groups in total. The van der Waals surface area contributed by atoms with E-state index in [0.29, 0.717) is 31.2 Å². The smallest absolute Gasteiger partial charge is 0.321 e. The Morgan fingerprint density at radius 3 is 2.31 bits per heavy atom. The molecule has 0 aliphatic carbocycles. The Balaban J connectivity index is 1.49. The fourth-order valence-corrected chi connectivity index (χ4v) is 3.11.